The van der Waals surface area contributed by atoms with Gasteiger partial charge in [0.2, 0.25) is 5.91 Å². The van der Waals surface area contributed by atoms with Gasteiger partial charge in [0.05, 0.1) is 6.54 Å². The molecule has 1 aromatic carbocycles. The summed E-state index contributed by atoms with van der Waals surface area (Å²) in [6, 6.07) is 12.0. The second kappa shape index (κ2) is 7.04. The average molecular weight is 287 g/mol. The second-order valence-corrected chi connectivity index (χ2v) is 5.38. The summed E-state index contributed by atoms with van der Waals surface area (Å²) in [5.74, 6) is 1.36. The Morgan fingerprint density at radius 1 is 1.29 bits per heavy atom. The number of hydrogen-bond donors (Lipinski definition) is 2. The van der Waals surface area contributed by atoms with E-state index >= 15 is 0 Å². The van der Waals surface area contributed by atoms with E-state index in [1.807, 2.05) is 18.2 Å². The fraction of sp³-hybridized carbons (Fsp3) is 0.375. The monoisotopic (exact) mass is 287 g/mol. The summed E-state index contributed by atoms with van der Waals surface area (Å²) in [5, 5.41) is 9.74. The summed E-state index contributed by atoms with van der Waals surface area (Å²) in [5.41, 5.74) is 1.18. The van der Waals surface area contributed by atoms with Crippen LogP contribution in [0.1, 0.15) is 31.2 Å². The maximum Gasteiger partial charge on any atom is 0.239 e. The molecule has 0 unspecified atom stereocenters. The number of aryl methyl sites for hydroxylation is 1. The molecule has 0 fully saturated rings. The fourth-order valence-corrected chi connectivity index (χ4v) is 2.21. The predicted molar refractivity (Wildman–Crippen MR) is 81.9 cm³/mol. The van der Waals surface area contributed by atoms with Gasteiger partial charge >= 0.3 is 0 Å². The normalized spacial score (nSPS) is 12.4. The number of hydrogen-bond acceptors (Lipinski definition) is 4. The third-order valence-electron chi connectivity index (χ3n) is 3.20. The molecule has 2 N–H and O–H groups in total. The van der Waals surface area contributed by atoms with Crippen LogP contribution in [0.15, 0.2) is 40.9 Å². The first-order valence-electron chi connectivity index (χ1n) is 7.07. The maximum absolute atomic E-state index is 11.9. The topological polar surface area (TPSA) is 67.2 Å². The highest BCUT2D eigenvalue weighted by molar-refractivity contribution is 5.91. The Morgan fingerprint density at radius 3 is 2.57 bits per heavy atom. The van der Waals surface area contributed by atoms with Gasteiger partial charge < -0.3 is 15.2 Å². The molecule has 0 saturated carbocycles. The van der Waals surface area contributed by atoms with Gasteiger partial charge in [-0.05, 0) is 18.4 Å². The summed E-state index contributed by atoms with van der Waals surface area (Å²) in [7, 11) is 0. The molecule has 21 heavy (non-hydrogen) atoms. The number of carbonyl (C=O) groups is 1. The van der Waals surface area contributed by atoms with Crippen molar-refractivity contribution in [3.8, 4) is 0 Å². The molecule has 1 heterocycles. The zero-order valence-electron chi connectivity index (χ0n) is 12.6. The van der Waals surface area contributed by atoms with Crippen LogP contribution in [-0.4, -0.2) is 17.6 Å². The molecule has 2 aromatic rings. The van der Waals surface area contributed by atoms with E-state index in [4.69, 9.17) is 4.52 Å². The molecule has 1 aromatic heterocycles. The van der Waals surface area contributed by atoms with Gasteiger partial charge in [-0.3, -0.25) is 4.79 Å². The minimum Gasteiger partial charge on any atom is -0.360 e. The molecule has 0 aliphatic rings. The number of amides is 1. The van der Waals surface area contributed by atoms with E-state index < -0.39 is 0 Å². The lowest BCUT2D eigenvalue weighted by Gasteiger charge is -2.22. The summed E-state index contributed by atoms with van der Waals surface area (Å²) in [6.45, 7) is 6.27. The standard InChI is InChI=1S/C16H21N3O2/c1-11(2)16(13-7-5-4-6-8-13)17-10-15(20)18-14-9-12(3)21-19-14/h4-9,11,16-17H,10H2,1-3H3,(H,18,19,20)/t16-/m0/s1. The molecule has 5 nitrogen and oxygen atoms in total. The molecule has 112 valence electrons. The number of nitrogens with zero attached hydrogens (tertiary/aromatic N) is 1. The summed E-state index contributed by atoms with van der Waals surface area (Å²) < 4.78 is 4.91. The summed E-state index contributed by atoms with van der Waals surface area (Å²) >= 11 is 0. The molecular weight excluding hydrogens is 266 g/mol. The van der Waals surface area contributed by atoms with Crippen molar-refractivity contribution < 1.29 is 9.32 Å². The lowest BCUT2D eigenvalue weighted by atomic mass is 9.96. The molecule has 2 rings (SSSR count). The number of nitrogens with one attached hydrogen (secondary N) is 2. The molecular formula is C16H21N3O2. The first-order valence-corrected chi connectivity index (χ1v) is 7.07. The van der Waals surface area contributed by atoms with Gasteiger partial charge in [-0.15, -0.1) is 0 Å². The minimum atomic E-state index is -0.134. The van der Waals surface area contributed by atoms with Gasteiger partial charge in [-0.25, -0.2) is 0 Å². The van der Waals surface area contributed by atoms with E-state index in [0.717, 1.165) is 0 Å². The molecule has 0 aliphatic heterocycles. The van der Waals surface area contributed by atoms with Crippen molar-refractivity contribution in [1.82, 2.24) is 10.5 Å². The van der Waals surface area contributed by atoms with E-state index in [-0.39, 0.29) is 18.5 Å². The predicted octanol–water partition coefficient (Wildman–Crippen LogP) is 2.91. The Balaban J connectivity index is 1.91. The first-order chi connectivity index (χ1) is 10.1. The molecule has 0 saturated heterocycles. The van der Waals surface area contributed by atoms with E-state index in [9.17, 15) is 4.79 Å². The van der Waals surface area contributed by atoms with E-state index in [2.05, 4.69) is 41.8 Å². The number of benzene rings is 1. The zero-order valence-corrected chi connectivity index (χ0v) is 12.6. The van der Waals surface area contributed by atoms with E-state index in [1.165, 1.54) is 5.56 Å². The largest absolute Gasteiger partial charge is 0.360 e. The Bertz CT molecular complexity index is 578. The lowest BCUT2D eigenvalue weighted by Crippen LogP contribution is -2.33. The van der Waals surface area contributed by atoms with Crippen molar-refractivity contribution in [2.24, 2.45) is 5.92 Å². The number of carbonyl (C=O) groups excluding carboxylic acids is 1. The van der Waals surface area contributed by atoms with Crippen LogP contribution in [0.2, 0.25) is 0 Å². The third-order valence-corrected chi connectivity index (χ3v) is 3.20. The van der Waals surface area contributed by atoms with Gasteiger partial charge in [-0.2, -0.15) is 0 Å². The molecule has 0 radical (unpaired) electrons. The van der Waals surface area contributed by atoms with Crippen LogP contribution >= 0.6 is 0 Å². The van der Waals surface area contributed by atoms with Crippen molar-refractivity contribution >= 4 is 11.7 Å². The van der Waals surface area contributed by atoms with Crippen LogP contribution in [-0.2, 0) is 4.79 Å². The second-order valence-electron chi connectivity index (χ2n) is 5.38. The molecule has 5 heteroatoms. The highest BCUT2D eigenvalue weighted by atomic mass is 16.5. The van der Waals surface area contributed by atoms with Crippen LogP contribution in [0, 0.1) is 12.8 Å². The van der Waals surface area contributed by atoms with Crippen molar-refractivity contribution in [3.63, 3.8) is 0 Å². The summed E-state index contributed by atoms with van der Waals surface area (Å²) in [6.07, 6.45) is 0. The van der Waals surface area contributed by atoms with Gasteiger partial charge in [0.15, 0.2) is 5.82 Å². The van der Waals surface area contributed by atoms with Gasteiger partial charge in [0.1, 0.15) is 5.76 Å². The highest BCUT2D eigenvalue weighted by Crippen LogP contribution is 2.20. The van der Waals surface area contributed by atoms with E-state index in [0.29, 0.717) is 17.5 Å². The minimum absolute atomic E-state index is 0.134. The zero-order chi connectivity index (χ0) is 15.2. The third kappa shape index (κ3) is 4.43. The number of aromatic nitrogens is 1. The fourth-order valence-electron chi connectivity index (χ4n) is 2.21. The quantitative estimate of drug-likeness (QED) is 0.857. The van der Waals surface area contributed by atoms with Crippen LogP contribution in [0.3, 0.4) is 0 Å². The summed E-state index contributed by atoms with van der Waals surface area (Å²) in [4.78, 5) is 11.9. The van der Waals surface area contributed by atoms with Gasteiger partial charge in [0.25, 0.3) is 0 Å². The van der Waals surface area contributed by atoms with E-state index in [1.54, 1.807) is 13.0 Å². The van der Waals surface area contributed by atoms with Gasteiger partial charge in [0, 0.05) is 12.1 Å². The number of rotatable bonds is 6. The average Bonchev–Trinajstić information content (AvgIpc) is 2.85. The molecule has 0 aliphatic carbocycles. The SMILES string of the molecule is Cc1cc(NC(=O)CN[C@H](c2ccccc2)C(C)C)no1. The molecule has 1 atom stereocenters. The van der Waals surface area contributed by atoms with Crippen LogP contribution in [0.25, 0.3) is 0 Å². The van der Waals surface area contributed by atoms with Crippen molar-refractivity contribution in [3.05, 3.63) is 47.7 Å². The van der Waals surface area contributed by atoms with Crippen molar-refractivity contribution in [2.45, 2.75) is 26.8 Å². The molecule has 0 spiro atoms. The molecule has 1 amide bonds. The highest BCUT2D eigenvalue weighted by Gasteiger charge is 2.16. The first kappa shape index (κ1) is 15.3. The number of anilines is 1. The Kier molecular flexibility index (Phi) is 5.11. The smallest absolute Gasteiger partial charge is 0.239 e. The van der Waals surface area contributed by atoms with Crippen LogP contribution in [0.5, 0.6) is 0 Å². The maximum atomic E-state index is 11.9. The van der Waals surface area contributed by atoms with Crippen LogP contribution in [0.4, 0.5) is 5.82 Å². The Labute approximate surface area is 124 Å². The Hall–Kier alpha value is -2.14. The van der Waals surface area contributed by atoms with Gasteiger partial charge in [-0.1, -0.05) is 49.3 Å². The van der Waals surface area contributed by atoms with Crippen molar-refractivity contribution in [2.75, 3.05) is 11.9 Å². The lowest BCUT2D eigenvalue weighted by molar-refractivity contribution is -0.115. The Morgan fingerprint density at radius 2 is 2.00 bits per heavy atom. The molecule has 0 bridgehead atoms. The van der Waals surface area contributed by atoms with Crippen molar-refractivity contribution in [1.29, 1.82) is 0 Å². The van der Waals surface area contributed by atoms with Crippen LogP contribution < -0.4 is 10.6 Å².